The lowest BCUT2D eigenvalue weighted by Crippen LogP contribution is -2.53. The van der Waals surface area contributed by atoms with Gasteiger partial charge in [-0.1, -0.05) is 12.5 Å². The van der Waals surface area contributed by atoms with E-state index in [4.69, 9.17) is 5.73 Å². The van der Waals surface area contributed by atoms with Crippen molar-refractivity contribution in [1.82, 2.24) is 4.72 Å². The van der Waals surface area contributed by atoms with E-state index in [0.29, 0.717) is 16.7 Å². The number of nitrogens with one attached hydrogen (secondary N) is 1. The first kappa shape index (κ1) is 19.1. The molecule has 0 radical (unpaired) electrons. The standard InChI is InChI=1S/C16H24N2O2S2.ClH/c1-21-14-6-3-7-15(10-14)22(19,20)18-16-11-4-2-5-12(16)9-13(17)8-11;/h3,6-7,10-13,16,18H,2,4-5,8-9,17H2,1H3;1H. The summed E-state index contributed by atoms with van der Waals surface area (Å²) < 4.78 is 28.5. The monoisotopic (exact) mass is 376 g/mol. The van der Waals surface area contributed by atoms with Crippen molar-refractivity contribution in [3.8, 4) is 0 Å². The molecule has 0 amide bonds. The zero-order chi connectivity index (χ0) is 15.7. The van der Waals surface area contributed by atoms with Crippen LogP contribution >= 0.6 is 24.2 Å². The largest absolute Gasteiger partial charge is 0.328 e. The SMILES string of the molecule is CSc1cccc(S(=O)(=O)NC2C3CCCC2CC(N)C3)c1.Cl. The second-order valence-corrected chi connectivity index (χ2v) is 9.10. The van der Waals surface area contributed by atoms with E-state index < -0.39 is 10.0 Å². The molecule has 3 rings (SSSR count). The van der Waals surface area contributed by atoms with Gasteiger partial charge < -0.3 is 5.73 Å². The quantitative estimate of drug-likeness (QED) is 0.792. The van der Waals surface area contributed by atoms with Crippen LogP contribution in [0.4, 0.5) is 0 Å². The predicted molar refractivity (Wildman–Crippen MR) is 97.6 cm³/mol. The van der Waals surface area contributed by atoms with Gasteiger partial charge in [-0.15, -0.1) is 24.2 Å². The second kappa shape index (κ2) is 7.74. The topological polar surface area (TPSA) is 72.2 Å². The summed E-state index contributed by atoms with van der Waals surface area (Å²) >= 11 is 1.55. The number of benzene rings is 1. The first-order valence-electron chi connectivity index (χ1n) is 7.91. The molecule has 4 nitrogen and oxygen atoms in total. The Kier molecular flexibility index (Phi) is 6.42. The van der Waals surface area contributed by atoms with Crippen LogP contribution in [-0.4, -0.2) is 26.8 Å². The molecule has 2 aliphatic carbocycles. The zero-order valence-corrected chi connectivity index (χ0v) is 15.7. The van der Waals surface area contributed by atoms with Crippen LogP contribution in [0.2, 0.25) is 0 Å². The lowest BCUT2D eigenvalue weighted by molar-refractivity contribution is 0.125. The smallest absolute Gasteiger partial charge is 0.240 e. The Morgan fingerprint density at radius 2 is 1.87 bits per heavy atom. The molecule has 2 aliphatic rings. The third-order valence-corrected chi connectivity index (χ3v) is 7.20. The van der Waals surface area contributed by atoms with Crippen molar-refractivity contribution >= 4 is 34.2 Å². The summed E-state index contributed by atoms with van der Waals surface area (Å²) in [6.07, 6.45) is 7.20. The van der Waals surface area contributed by atoms with Crippen LogP contribution in [0.25, 0.3) is 0 Å². The van der Waals surface area contributed by atoms with Crippen LogP contribution in [0.3, 0.4) is 0 Å². The van der Waals surface area contributed by atoms with Crippen molar-refractivity contribution in [2.75, 3.05) is 6.26 Å². The Balaban J connectivity index is 0.00000192. The van der Waals surface area contributed by atoms with Crippen LogP contribution in [0.15, 0.2) is 34.1 Å². The lowest BCUT2D eigenvalue weighted by Gasteiger charge is -2.45. The van der Waals surface area contributed by atoms with Gasteiger partial charge in [-0.05, 0) is 62.0 Å². The van der Waals surface area contributed by atoms with Crippen molar-refractivity contribution in [2.45, 2.75) is 54.0 Å². The van der Waals surface area contributed by atoms with Gasteiger partial charge in [0.05, 0.1) is 4.90 Å². The molecule has 0 saturated heterocycles. The summed E-state index contributed by atoms with van der Waals surface area (Å²) in [6, 6.07) is 7.44. The minimum Gasteiger partial charge on any atom is -0.328 e. The number of halogens is 1. The average Bonchev–Trinajstić information content (AvgIpc) is 2.48. The molecule has 23 heavy (non-hydrogen) atoms. The van der Waals surface area contributed by atoms with Crippen molar-refractivity contribution in [2.24, 2.45) is 17.6 Å². The number of fused-ring (bicyclic) bond motifs is 2. The molecule has 2 bridgehead atoms. The first-order chi connectivity index (χ1) is 10.5. The van der Waals surface area contributed by atoms with Gasteiger partial charge >= 0.3 is 0 Å². The maximum Gasteiger partial charge on any atom is 0.240 e. The van der Waals surface area contributed by atoms with E-state index in [1.54, 1.807) is 30.0 Å². The fourth-order valence-corrected chi connectivity index (χ4v) is 5.95. The minimum absolute atomic E-state index is 0. The van der Waals surface area contributed by atoms with E-state index in [1.165, 1.54) is 6.42 Å². The molecule has 1 aromatic rings. The number of hydrogen-bond acceptors (Lipinski definition) is 4. The Bertz CT molecular complexity index is 625. The van der Waals surface area contributed by atoms with Crippen molar-refractivity contribution in [3.63, 3.8) is 0 Å². The minimum atomic E-state index is -3.46. The highest BCUT2D eigenvalue weighted by Crippen LogP contribution is 2.40. The molecule has 130 valence electrons. The normalized spacial score (nSPS) is 30.5. The van der Waals surface area contributed by atoms with Gasteiger partial charge in [0.15, 0.2) is 0 Å². The van der Waals surface area contributed by atoms with Gasteiger partial charge in [-0.25, -0.2) is 13.1 Å². The lowest BCUT2D eigenvalue weighted by atomic mass is 9.67. The highest BCUT2D eigenvalue weighted by Gasteiger charge is 2.41. The fourth-order valence-electron chi connectivity index (χ4n) is 4.00. The average molecular weight is 377 g/mol. The number of hydrogen-bond donors (Lipinski definition) is 2. The van der Waals surface area contributed by atoms with Gasteiger partial charge in [0.25, 0.3) is 0 Å². The number of thioether (sulfide) groups is 1. The summed E-state index contributed by atoms with van der Waals surface area (Å²) in [6.45, 7) is 0. The summed E-state index contributed by atoms with van der Waals surface area (Å²) in [5.74, 6) is 0.780. The molecule has 1 aromatic carbocycles. The number of sulfonamides is 1. The molecule has 0 heterocycles. The summed E-state index contributed by atoms with van der Waals surface area (Å²) in [5.41, 5.74) is 6.12. The number of nitrogens with two attached hydrogens (primary N) is 1. The third-order valence-electron chi connectivity index (χ3n) is 5.02. The van der Waals surface area contributed by atoms with Gasteiger partial charge in [0, 0.05) is 17.0 Å². The van der Waals surface area contributed by atoms with Gasteiger partial charge in [0.1, 0.15) is 0 Å². The fraction of sp³-hybridized carbons (Fsp3) is 0.625. The van der Waals surface area contributed by atoms with E-state index in [1.807, 2.05) is 12.3 Å². The van der Waals surface area contributed by atoms with E-state index in [-0.39, 0.29) is 24.5 Å². The molecule has 2 atom stereocenters. The molecule has 2 fully saturated rings. The molecule has 2 saturated carbocycles. The van der Waals surface area contributed by atoms with Gasteiger partial charge in [-0.3, -0.25) is 0 Å². The van der Waals surface area contributed by atoms with E-state index in [2.05, 4.69) is 4.72 Å². The molecule has 2 unspecified atom stereocenters. The van der Waals surface area contributed by atoms with Crippen LogP contribution < -0.4 is 10.5 Å². The Morgan fingerprint density at radius 1 is 1.22 bits per heavy atom. The summed E-state index contributed by atoms with van der Waals surface area (Å²) in [5, 5.41) is 0. The predicted octanol–water partition coefficient (Wildman–Crippen LogP) is 3.01. The molecule has 0 spiro atoms. The van der Waals surface area contributed by atoms with E-state index >= 15 is 0 Å². The molecule has 3 N–H and O–H groups in total. The van der Waals surface area contributed by atoms with Crippen LogP contribution in [0.5, 0.6) is 0 Å². The Morgan fingerprint density at radius 3 is 2.48 bits per heavy atom. The van der Waals surface area contributed by atoms with Crippen LogP contribution in [0, 0.1) is 11.8 Å². The van der Waals surface area contributed by atoms with Crippen molar-refractivity contribution < 1.29 is 8.42 Å². The van der Waals surface area contributed by atoms with Crippen molar-refractivity contribution in [3.05, 3.63) is 24.3 Å². The van der Waals surface area contributed by atoms with Crippen LogP contribution in [-0.2, 0) is 10.0 Å². The van der Waals surface area contributed by atoms with E-state index in [9.17, 15) is 8.42 Å². The van der Waals surface area contributed by atoms with E-state index in [0.717, 1.165) is 30.6 Å². The Hall–Kier alpha value is -0.270. The Labute approximate surface area is 149 Å². The third kappa shape index (κ3) is 4.23. The second-order valence-electron chi connectivity index (χ2n) is 6.51. The molecular formula is C16H25ClN2O2S2. The zero-order valence-electron chi connectivity index (χ0n) is 13.3. The summed E-state index contributed by atoms with van der Waals surface area (Å²) in [4.78, 5) is 1.33. The molecule has 0 aliphatic heterocycles. The highest BCUT2D eigenvalue weighted by molar-refractivity contribution is 7.98. The maximum absolute atomic E-state index is 12.7. The van der Waals surface area contributed by atoms with Gasteiger partial charge in [0.2, 0.25) is 10.0 Å². The van der Waals surface area contributed by atoms with Crippen LogP contribution in [0.1, 0.15) is 32.1 Å². The maximum atomic E-state index is 12.7. The molecule has 0 aromatic heterocycles. The summed E-state index contributed by atoms with van der Waals surface area (Å²) in [7, 11) is -3.46. The highest BCUT2D eigenvalue weighted by atomic mass is 35.5. The number of rotatable bonds is 4. The van der Waals surface area contributed by atoms with Gasteiger partial charge in [-0.2, -0.15) is 0 Å². The molecular weight excluding hydrogens is 352 g/mol. The first-order valence-corrected chi connectivity index (χ1v) is 10.6. The molecule has 7 heteroatoms. The van der Waals surface area contributed by atoms with Crippen molar-refractivity contribution in [1.29, 1.82) is 0 Å².